The largest absolute Gasteiger partial charge is 0.504 e. The summed E-state index contributed by atoms with van der Waals surface area (Å²) in [5.41, 5.74) is 0.857. The van der Waals surface area contributed by atoms with Crippen molar-refractivity contribution in [3.8, 4) is 11.5 Å². The van der Waals surface area contributed by atoms with E-state index in [1.54, 1.807) is 0 Å². The minimum absolute atomic E-state index is 0. The topological polar surface area (TPSA) is 55.7 Å². The molecular formula is C15H26Cl2N2O2. The molecule has 1 heterocycles. The Morgan fingerprint density at radius 3 is 2.48 bits per heavy atom. The lowest BCUT2D eigenvalue weighted by Crippen LogP contribution is -2.45. The first-order valence-corrected chi connectivity index (χ1v) is 7.19. The Morgan fingerprint density at radius 2 is 1.86 bits per heavy atom. The second-order valence-electron chi connectivity index (χ2n) is 5.16. The summed E-state index contributed by atoms with van der Waals surface area (Å²) in [4.78, 5) is 2.40. The van der Waals surface area contributed by atoms with Crippen LogP contribution < -0.4 is 5.32 Å². The molecule has 0 aliphatic carbocycles. The van der Waals surface area contributed by atoms with Gasteiger partial charge in [0.2, 0.25) is 0 Å². The molecule has 1 atom stereocenters. The molecule has 21 heavy (non-hydrogen) atoms. The molecule has 4 nitrogen and oxygen atoms in total. The van der Waals surface area contributed by atoms with Crippen LogP contribution >= 0.6 is 24.8 Å². The standard InChI is InChI=1S/C15H24N2O2.2ClH/c1-2-3-6-13(17-10-8-16-9-11-17)12-5-4-7-14(18)15(12)19;;/h4-5,7,13,16,18-19H,2-3,6,8-11H2,1H3;2*1H/t13-;;/m0../s1. The number of hydrogen-bond acceptors (Lipinski definition) is 4. The van der Waals surface area contributed by atoms with Crippen molar-refractivity contribution in [2.24, 2.45) is 0 Å². The Hall–Kier alpha value is -0.680. The summed E-state index contributed by atoms with van der Waals surface area (Å²) in [6.07, 6.45) is 3.29. The highest BCUT2D eigenvalue weighted by atomic mass is 35.5. The summed E-state index contributed by atoms with van der Waals surface area (Å²) in [7, 11) is 0. The number of hydrogen-bond donors (Lipinski definition) is 3. The lowest BCUT2D eigenvalue weighted by Gasteiger charge is -2.35. The van der Waals surface area contributed by atoms with Crippen LogP contribution in [0.5, 0.6) is 11.5 Å². The molecule has 122 valence electrons. The molecule has 1 aliphatic rings. The van der Waals surface area contributed by atoms with Gasteiger partial charge in [-0.05, 0) is 12.5 Å². The molecule has 0 spiro atoms. The van der Waals surface area contributed by atoms with E-state index in [0.29, 0.717) is 0 Å². The van der Waals surface area contributed by atoms with Crippen molar-refractivity contribution in [1.29, 1.82) is 0 Å². The number of para-hydroxylation sites is 1. The van der Waals surface area contributed by atoms with Gasteiger partial charge in [0.1, 0.15) is 0 Å². The molecule has 2 rings (SSSR count). The molecular weight excluding hydrogens is 311 g/mol. The number of phenols is 2. The Labute approximate surface area is 139 Å². The average molecular weight is 337 g/mol. The molecule has 0 unspecified atom stereocenters. The van der Waals surface area contributed by atoms with Crippen LogP contribution in [0.1, 0.15) is 37.8 Å². The van der Waals surface area contributed by atoms with Gasteiger partial charge in [0.15, 0.2) is 11.5 Å². The Bertz CT molecular complexity index is 413. The van der Waals surface area contributed by atoms with Gasteiger partial charge < -0.3 is 15.5 Å². The maximum Gasteiger partial charge on any atom is 0.162 e. The van der Waals surface area contributed by atoms with Gasteiger partial charge >= 0.3 is 0 Å². The molecule has 0 bridgehead atoms. The van der Waals surface area contributed by atoms with Gasteiger partial charge in [-0.3, -0.25) is 4.90 Å². The summed E-state index contributed by atoms with van der Waals surface area (Å²) in [5, 5.41) is 23.1. The minimum Gasteiger partial charge on any atom is -0.504 e. The van der Waals surface area contributed by atoms with Crippen LogP contribution in [0.4, 0.5) is 0 Å². The van der Waals surface area contributed by atoms with Crippen LogP contribution in [-0.4, -0.2) is 41.3 Å². The van der Waals surface area contributed by atoms with Crippen molar-refractivity contribution in [2.45, 2.75) is 32.2 Å². The molecule has 1 saturated heterocycles. The molecule has 1 aromatic rings. The quantitative estimate of drug-likeness (QED) is 0.723. The third-order valence-corrected chi connectivity index (χ3v) is 3.83. The van der Waals surface area contributed by atoms with E-state index < -0.39 is 0 Å². The first-order chi connectivity index (χ1) is 9.24. The number of piperazine rings is 1. The smallest absolute Gasteiger partial charge is 0.162 e. The number of unbranched alkanes of at least 4 members (excludes halogenated alkanes) is 1. The van der Waals surface area contributed by atoms with Crippen LogP contribution in [-0.2, 0) is 0 Å². The monoisotopic (exact) mass is 336 g/mol. The highest BCUT2D eigenvalue weighted by molar-refractivity contribution is 5.85. The van der Waals surface area contributed by atoms with Crippen molar-refractivity contribution in [1.82, 2.24) is 10.2 Å². The Morgan fingerprint density at radius 1 is 1.19 bits per heavy atom. The summed E-state index contributed by atoms with van der Waals surface area (Å²) in [6.45, 7) is 6.13. The second-order valence-corrected chi connectivity index (χ2v) is 5.16. The SMILES string of the molecule is CCCC[C@@H](c1cccc(O)c1O)N1CCNCC1.Cl.Cl. The number of nitrogens with zero attached hydrogens (tertiary/aromatic N) is 1. The maximum atomic E-state index is 10.1. The summed E-state index contributed by atoms with van der Waals surface area (Å²) in [6, 6.07) is 5.48. The fourth-order valence-electron chi connectivity index (χ4n) is 2.74. The number of rotatable bonds is 5. The second kappa shape index (κ2) is 10.1. The van der Waals surface area contributed by atoms with Crippen molar-refractivity contribution >= 4 is 24.8 Å². The fraction of sp³-hybridized carbons (Fsp3) is 0.600. The summed E-state index contributed by atoms with van der Waals surface area (Å²) >= 11 is 0. The van der Waals surface area contributed by atoms with Crippen molar-refractivity contribution in [3.05, 3.63) is 23.8 Å². The van der Waals surface area contributed by atoms with Gasteiger partial charge in [0, 0.05) is 37.8 Å². The first kappa shape index (κ1) is 20.3. The molecule has 6 heteroatoms. The van der Waals surface area contributed by atoms with E-state index in [1.807, 2.05) is 12.1 Å². The van der Waals surface area contributed by atoms with Crippen LogP contribution in [0.2, 0.25) is 0 Å². The van der Waals surface area contributed by atoms with E-state index in [4.69, 9.17) is 0 Å². The van der Waals surface area contributed by atoms with E-state index in [9.17, 15) is 10.2 Å². The zero-order valence-electron chi connectivity index (χ0n) is 12.4. The Kier molecular flexibility index (Phi) is 9.79. The molecule has 1 fully saturated rings. The number of aromatic hydroxyl groups is 2. The molecule has 0 aromatic heterocycles. The van der Waals surface area contributed by atoms with Crippen molar-refractivity contribution < 1.29 is 10.2 Å². The normalized spacial score (nSPS) is 16.6. The number of halogens is 2. The lowest BCUT2D eigenvalue weighted by molar-refractivity contribution is 0.160. The molecule has 0 saturated carbocycles. The van der Waals surface area contributed by atoms with E-state index >= 15 is 0 Å². The fourth-order valence-corrected chi connectivity index (χ4v) is 2.74. The van der Waals surface area contributed by atoms with Crippen LogP contribution in [0.25, 0.3) is 0 Å². The molecule has 0 radical (unpaired) electrons. The van der Waals surface area contributed by atoms with E-state index in [2.05, 4.69) is 17.1 Å². The molecule has 1 aromatic carbocycles. The number of nitrogens with one attached hydrogen (secondary N) is 1. The van der Waals surface area contributed by atoms with Crippen LogP contribution in [0.15, 0.2) is 18.2 Å². The molecule has 3 N–H and O–H groups in total. The van der Waals surface area contributed by atoms with E-state index in [1.165, 1.54) is 6.07 Å². The number of phenolic OH excluding ortho intramolecular Hbond substituents is 2. The van der Waals surface area contributed by atoms with Gasteiger partial charge in [-0.25, -0.2) is 0 Å². The lowest BCUT2D eigenvalue weighted by atomic mass is 9.97. The highest BCUT2D eigenvalue weighted by Gasteiger charge is 2.24. The average Bonchev–Trinajstić information content (AvgIpc) is 2.45. The first-order valence-electron chi connectivity index (χ1n) is 7.19. The maximum absolute atomic E-state index is 10.1. The highest BCUT2D eigenvalue weighted by Crippen LogP contribution is 2.37. The van der Waals surface area contributed by atoms with Crippen LogP contribution in [0.3, 0.4) is 0 Å². The van der Waals surface area contributed by atoms with E-state index in [-0.39, 0.29) is 42.4 Å². The summed E-state index contributed by atoms with van der Waals surface area (Å²) in [5.74, 6) is 0.0243. The van der Waals surface area contributed by atoms with Gasteiger partial charge in [-0.15, -0.1) is 24.8 Å². The van der Waals surface area contributed by atoms with Crippen LogP contribution in [0, 0.1) is 0 Å². The van der Waals surface area contributed by atoms with Gasteiger partial charge in [-0.2, -0.15) is 0 Å². The third-order valence-electron chi connectivity index (χ3n) is 3.83. The molecule has 1 aliphatic heterocycles. The minimum atomic E-state index is -0.0193. The van der Waals surface area contributed by atoms with Gasteiger partial charge in [0.05, 0.1) is 0 Å². The predicted octanol–water partition coefficient (Wildman–Crippen LogP) is 3.08. The van der Waals surface area contributed by atoms with E-state index in [0.717, 1.165) is 51.0 Å². The van der Waals surface area contributed by atoms with Gasteiger partial charge in [0.25, 0.3) is 0 Å². The number of benzene rings is 1. The molecule has 0 amide bonds. The Balaban J connectivity index is 0.00000200. The zero-order chi connectivity index (χ0) is 13.7. The zero-order valence-corrected chi connectivity index (χ0v) is 14.1. The van der Waals surface area contributed by atoms with Crippen molar-refractivity contribution in [2.75, 3.05) is 26.2 Å². The third kappa shape index (κ3) is 5.22. The predicted molar refractivity (Wildman–Crippen MR) is 91.0 cm³/mol. The van der Waals surface area contributed by atoms with Crippen molar-refractivity contribution in [3.63, 3.8) is 0 Å². The van der Waals surface area contributed by atoms with Gasteiger partial charge in [-0.1, -0.05) is 31.9 Å². The summed E-state index contributed by atoms with van der Waals surface area (Å²) < 4.78 is 0.